The Morgan fingerprint density at radius 3 is 2.88 bits per heavy atom. The zero-order valence-corrected chi connectivity index (χ0v) is 10.1. The molecule has 0 bridgehead atoms. The number of hydrogen-bond acceptors (Lipinski definition) is 3. The van der Waals surface area contributed by atoms with Crippen molar-refractivity contribution in [3.63, 3.8) is 0 Å². The SMILES string of the molecule is Fc1cnc(Cl)nc1NCc1cccc(Cl)c1. The Morgan fingerprint density at radius 2 is 2.12 bits per heavy atom. The smallest absolute Gasteiger partial charge is 0.224 e. The van der Waals surface area contributed by atoms with E-state index in [1.165, 1.54) is 0 Å². The first-order valence-corrected chi connectivity index (χ1v) is 5.57. The monoisotopic (exact) mass is 271 g/mol. The average molecular weight is 272 g/mol. The predicted molar refractivity (Wildman–Crippen MR) is 65.8 cm³/mol. The maximum absolute atomic E-state index is 13.3. The number of rotatable bonds is 3. The van der Waals surface area contributed by atoms with Gasteiger partial charge in [0.15, 0.2) is 11.6 Å². The maximum atomic E-state index is 13.3. The molecule has 0 fully saturated rings. The second kappa shape index (κ2) is 5.29. The van der Waals surface area contributed by atoms with E-state index in [0.29, 0.717) is 11.6 Å². The Kier molecular flexibility index (Phi) is 3.76. The van der Waals surface area contributed by atoms with Crippen LogP contribution in [0, 0.1) is 5.82 Å². The van der Waals surface area contributed by atoms with Gasteiger partial charge in [0.25, 0.3) is 0 Å². The van der Waals surface area contributed by atoms with E-state index in [2.05, 4.69) is 15.3 Å². The van der Waals surface area contributed by atoms with Crippen LogP contribution >= 0.6 is 23.2 Å². The molecule has 0 aliphatic carbocycles. The van der Waals surface area contributed by atoms with E-state index in [9.17, 15) is 4.39 Å². The van der Waals surface area contributed by atoms with Crippen LogP contribution in [0.15, 0.2) is 30.5 Å². The molecule has 2 rings (SSSR count). The molecule has 0 atom stereocenters. The van der Waals surface area contributed by atoms with Gasteiger partial charge in [-0.25, -0.2) is 9.37 Å². The van der Waals surface area contributed by atoms with Crippen molar-refractivity contribution in [3.8, 4) is 0 Å². The molecule has 2 aromatic rings. The third-order valence-corrected chi connectivity index (χ3v) is 2.48. The van der Waals surface area contributed by atoms with Crippen molar-refractivity contribution in [3.05, 3.63) is 52.1 Å². The van der Waals surface area contributed by atoms with Crippen LogP contribution in [0.5, 0.6) is 0 Å². The van der Waals surface area contributed by atoms with Crippen LogP contribution in [0.1, 0.15) is 5.56 Å². The highest BCUT2D eigenvalue weighted by molar-refractivity contribution is 6.30. The van der Waals surface area contributed by atoms with Crippen molar-refractivity contribution in [2.75, 3.05) is 5.32 Å². The second-order valence-electron chi connectivity index (χ2n) is 3.32. The van der Waals surface area contributed by atoms with Gasteiger partial charge in [-0.3, -0.25) is 0 Å². The van der Waals surface area contributed by atoms with Gasteiger partial charge in [-0.15, -0.1) is 0 Å². The molecule has 1 N–H and O–H groups in total. The summed E-state index contributed by atoms with van der Waals surface area (Å²) in [5, 5.41) is 3.46. The third-order valence-electron chi connectivity index (χ3n) is 2.06. The van der Waals surface area contributed by atoms with Crippen LogP contribution < -0.4 is 5.32 Å². The number of nitrogens with zero attached hydrogens (tertiary/aromatic N) is 2. The molecule has 0 aliphatic rings. The largest absolute Gasteiger partial charge is 0.363 e. The molecule has 0 saturated heterocycles. The lowest BCUT2D eigenvalue weighted by Crippen LogP contribution is -2.04. The molecule has 1 aromatic carbocycles. The summed E-state index contributed by atoms with van der Waals surface area (Å²) in [4.78, 5) is 7.27. The number of aromatic nitrogens is 2. The average Bonchev–Trinajstić information content (AvgIpc) is 2.30. The Labute approximate surface area is 108 Å². The van der Waals surface area contributed by atoms with Crippen molar-refractivity contribution in [2.45, 2.75) is 6.54 Å². The van der Waals surface area contributed by atoms with E-state index in [-0.39, 0.29) is 11.1 Å². The van der Waals surface area contributed by atoms with E-state index >= 15 is 0 Å². The molecule has 1 heterocycles. The van der Waals surface area contributed by atoms with Gasteiger partial charge >= 0.3 is 0 Å². The summed E-state index contributed by atoms with van der Waals surface area (Å²) in [6, 6.07) is 7.25. The first-order chi connectivity index (χ1) is 8.15. The zero-order chi connectivity index (χ0) is 12.3. The van der Waals surface area contributed by atoms with Crippen LogP contribution in [-0.2, 0) is 6.54 Å². The lowest BCUT2D eigenvalue weighted by Gasteiger charge is -2.06. The molecule has 0 amide bonds. The van der Waals surface area contributed by atoms with Crippen molar-refractivity contribution in [1.82, 2.24) is 9.97 Å². The van der Waals surface area contributed by atoms with Crippen LogP contribution in [0.25, 0.3) is 0 Å². The first kappa shape index (κ1) is 12.1. The van der Waals surface area contributed by atoms with Gasteiger partial charge in [0.2, 0.25) is 5.28 Å². The third kappa shape index (κ3) is 3.28. The van der Waals surface area contributed by atoms with E-state index in [0.717, 1.165) is 11.8 Å². The molecule has 88 valence electrons. The van der Waals surface area contributed by atoms with Gasteiger partial charge < -0.3 is 5.32 Å². The molecule has 0 unspecified atom stereocenters. The fourth-order valence-electron chi connectivity index (χ4n) is 1.30. The number of nitrogens with one attached hydrogen (secondary N) is 1. The Hall–Kier alpha value is -1.39. The summed E-state index contributed by atoms with van der Waals surface area (Å²) in [7, 11) is 0. The minimum atomic E-state index is -0.545. The van der Waals surface area contributed by atoms with Crippen LogP contribution in [0.4, 0.5) is 10.2 Å². The first-order valence-electron chi connectivity index (χ1n) is 4.81. The Balaban J connectivity index is 2.09. The molecule has 6 heteroatoms. The molecule has 3 nitrogen and oxygen atoms in total. The van der Waals surface area contributed by atoms with Gasteiger partial charge in [-0.1, -0.05) is 23.7 Å². The van der Waals surface area contributed by atoms with Crippen molar-refractivity contribution >= 4 is 29.0 Å². The summed E-state index contributed by atoms with van der Waals surface area (Å²) in [5.74, 6) is -0.471. The molecule has 1 aromatic heterocycles. The van der Waals surface area contributed by atoms with Crippen LogP contribution in [0.2, 0.25) is 10.3 Å². The number of anilines is 1. The Bertz CT molecular complexity index is 534. The molecule has 0 saturated carbocycles. The summed E-state index contributed by atoms with van der Waals surface area (Å²) in [6.45, 7) is 0.408. The second-order valence-corrected chi connectivity index (χ2v) is 4.09. The fraction of sp³-hybridized carbons (Fsp3) is 0.0909. The van der Waals surface area contributed by atoms with Crippen molar-refractivity contribution < 1.29 is 4.39 Å². The van der Waals surface area contributed by atoms with E-state index in [1.54, 1.807) is 12.1 Å². The van der Waals surface area contributed by atoms with E-state index < -0.39 is 5.82 Å². The fourth-order valence-corrected chi connectivity index (χ4v) is 1.65. The highest BCUT2D eigenvalue weighted by Crippen LogP contribution is 2.15. The molecule has 17 heavy (non-hydrogen) atoms. The topological polar surface area (TPSA) is 37.8 Å². The van der Waals surface area contributed by atoms with Crippen molar-refractivity contribution in [2.24, 2.45) is 0 Å². The van der Waals surface area contributed by atoms with Gasteiger partial charge in [0.1, 0.15) is 0 Å². The number of benzene rings is 1. The number of halogens is 3. The number of hydrogen-bond donors (Lipinski definition) is 1. The van der Waals surface area contributed by atoms with Crippen LogP contribution in [-0.4, -0.2) is 9.97 Å². The zero-order valence-electron chi connectivity index (χ0n) is 8.62. The molecule has 0 aliphatic heterocycles. The molecular weight excluding hydrogens is 264 g/mol. The Morgan fingerprint density at radius 1 is 1.29 bits per heavy atom. The summed E-state index contributed by atoms with van der Waals surface area (Å²) < 4.78 is 13.3. The quantitative estimate of drug-likeness (QED) is 0.868. The van der Waals surface area contributed by atoms with Crippen LogP contribution in [0.3, 0.4) is 0 Å². The lowest BCUT2D eigenvalue weighted by molar-refractivity contribution is 0.616. The van der Waals surface area contributed by atoms with Gasteiger partial charge in [0.05, 0.1) is 6.20 Å². The highest BCUT2D eigenvalue weighted by atomic mass is 35.5. The normalized spacial score (nSPS) is 10.3. The summed E-state index contributed by atoms with van der Waals surface area (Å²) >= 11 is 11.4. The molecular formula is C11H8Cl2FN3. The van der Waals surface area contributed by atoms with E-state index in [4.69, 9.17) is 23.2 Å². The molecule has 0 spiro atoms. The van der Waals surface area contributed by atoms with Crippen molar-refractivity contribution in [1.29, 1.82) is 0 Å². The van der Waals surface area contributed by atoms with Gasteiger partial charge in [-0.2, -0.15) is 4.98 Å². The van der Waals surface area contributed by atoms with Gasteiger partial charge in [-0.05, 0) is 29.3 Å². The standard InChI is InChI=1S/C11H8Cl2FN3/c12-8-3-1-2-7(4-8)5-15-10-9(14)6-16-11(13)17-10/h1-4,6H,5H2,(H,15,16,17). The predicted octanol–water partition coefficient (Wildman–Crippen LogP) is 3.53. The molecule has 0 radical (unpaired) electrons. The summed E-state index contributed by atoms with van der Waals surface area (Å²) in [5.41, 5.74) is 0.923. The van der Waals surface area contributed by atoms with Gasteiger partial charge in [0, 0.05) is 11.6 Å². The highest BCUT2D eigenvalue weighted by Gasteiger charge is 2.05. The maximum Gasteiger partial charge on any atom is 0.224 e. The summed E-state index contributed by atoms with van der Waals surface area (Å²) in [6.07, 6.45) is 1.02. The minimum Gasteiger partial charge on any atom is -0.363 e. The minimum absolute atomic E-state index is 0.00000548. The van der Waals surface area contributed by atoms with E-state index in [1.807, 2.05) is 12.1 Å². The lowest BCUT2D eigenvalue weighted by atomic mass is 10.2.